The van der Waals surface area contributed by atoms with Gasteiger partial charge in [-0.05, 0) is 55.3 Å². The number of pyridine rings is 2. The molecule has 3 N–H and O–H groups in total. The van der Waals surface area contributed by atoms with E-state index in [1.807, 2.05) is 49.7 Å². The van der Waals surface area contributed by atoms with Crippen LogP contribution >= 0.6 is 0 Å². The van der Waals surface area contributed by atoms with Gasteiger partial charge in [0.2, 0.25) is 0 Å². The van der Waals surface area contributed by atoms with Crippen LogP contribution < -0.4 is 5.32 Å². The second-order valence-corrected chi connectivity index (χ2v) is 10.4. The number of aryl methyl sites for hydroxylation is 1. The van der Waals surface area contributed by atoms with Crippen molar-refractivity contribution in [3.05, 3.63) is 127 Å². The van der Waals surface area contributed by atoms with Crippen LogP contribution in [0.25, 0.3) is 33.4 Å². The molecule has 0 saturated carbocycles. The molecule has 0 aliphatic heterocycles. The number of H-pyrrole nitrogens is 2. The molecule has 0 spiro atoms. The molecular formula is C33H36N6. The number of aromatic amines is 2. The van der Waals surface area contributed by atoms with Gasteiger partial charge in [0.25, 0.3) is 0 Å². The van der Waals surface area contributed by atoms with Gasteiger partial charge in [0.1, 0.15) is 5.69 Å². The lowest BCUT2D eigenvalue weighted by Crippen LogP contribution is -2.22. The largest absolute Gasteiger partial charge is 0.359 e. The Balaban J connectivity index is 1.74. The van der Waals surface area contributed by atoms with Crippen LogP contribution in [0.1, 0.15) is 50.2 Å². The zero-order valence-electron chi connectivity index (χ0n) is 23.4. The number of hydrogen-bond donors (Lipinski definition) is 3. The number of nitrogens with zero attached hydrogens (tertiary/aromatic N) is 3. The van der Waals surface area contributed by atoms with Crippen molar-refractivity contribution >= 4 is 22.0 Å². The summed E-state index contributed by atoms with van der Waals surface area (Å²) in [5.74, 6) is 0. The van der Waals surface area contributed by atoms with Crippen LogP contribution in [0, 0.1) is 12.3 Å². The first-order valence-corrected chi connectivity index (χ1v) is 12.9. The van der Waals surface area contributed by atoms with Crippen LogP contribution in [0.5, 0.6) is 0 Å². The Labute approximate surface area is 230 Å². The van der Waals surface area contributed by atoms with Gasteiger partial charge in [-0.25, -0.2) is 0 Å². The van der Waals surface area contributed by atoms with Crippen molar-refractivity contribution in [1.82, 2.24) is 30.5 Å². The Hall–Kier alpha value is -4.71. The second kappa shape index (κ2) is 11.4. The fourth-order valence-electron chi connectivity index (χ4n) is 4.21. The predicted octanol–water partition coefficient (Wildman–Crippen LogP) is 7.90. The van der Waals surface area contributed by atoms with Gasteiger partial charge in [0.15, 0.2) is 0 Å². The smallest absolute Gasteiger partial charge is 0.116 e. The topological polar surface area (TPSA) is 82.3 Å². The Bertz CT molecular complexity index is 1620. The summed E-state index contributed by atoms with van der Waals surface area (Å²) in [5, 5.41) is 12.1. The summed E-state index contributed by atoms with van der Waals surface area (Å²) in [5.41, 5.74) is 10.3. The minimum Gasteiger partial charge on any atom is -0.359 e. The molecule has 0 fully saturated rings. The highest BCUT2D eigenvalue weighted by atomic mass is 15.1. The summed E-state index contributed by atoms with van der Waals surface area (Å²) in [6, 6.07) is 8.18. The third-order valence-electron chi connectivity index (χ3n) is 6.60. The lowest BCUT2D eigenvalue weighted by atomic mass is 9.92. The normalized spacial score (nSPS) is 13.0. The zero-order chi connectivity index (χ0) is 28.2. The van der Waals surface area contributed by atoms with Crippen molar-refractivity contribution in [2.75, 3.05) is 0 Å². The number of hydrogen-bond acceptors (Lipinski definition) is 4. The lowest BCUT2D eigenvalue weighted by Gasteiger charge is -2.23. The summed E-state index contributed by atoms with van der Waals surface area (Å²) in [4.78, 5) is 12.5. The lowest BCUT2D eigenvalue weighted by molar-refractivity contribution is 0.478. The van der Waals surface area contributed by atoms with Crippen LogP contribution in [-0.4, -0.2) is 25.1 Å². The van der Waals surface area contributed by atoms with E-state index in [1.165, 1.54) is 0 Å². The van der Waals surface area contributed by atoms with Gasteiger partial charge >= 0.3 is 0 Å². The summed E-state index contributed by atoms with van der Waals surface area (Å²) in [6.45, 7) is 22.5. The molecule has 6 nitrogen and oxygen atoms in total. The number of fused-ring (bicyclic) bond motifs is 1. The minimum absolute atomic E-state index is 0.0776. The van der Waals surface area contributed by atoms with Crippen molar-refractivity contribution < 1.29 is 0 Å². The Morgan fingerprint density at radius 3 is 2.56 bits per heavy atom. The Morgan fingerprint density at radius 1 is 1.13 bits per heavy atom. The van der Waals surface area contributed by atoms with Crippen LogP contribution in [0.4, 0.5) is 0 Å². The van der Waals surface area contributed by atoms with E-state index in [9.17, 15) is 0 Å². The van der Waals surface area contributed by atoms with Crippen molar-refractivity contribution in [2.24, 2.45) is 5.41 Å². The van der Waals surface area contributed by atoms with Crippen LogP contribution in [0.15, 0.2) is 104 Å². The standard InChI is InChI=1S/C33H36N6/c1-9-13-26(24-14-12-15-34-19-24)27-17-30(36-21(27)4)32-28-18-29(35-20-31(28)38-39-32)23(10-2)16-25(11-3)37-22(5)33(6,7)8/h9-20,36-37H,1,3,5H2,2,4,6-8H3,(H,38,39)/b23-10+,25-16+,26-13-. The molecule has 198 valence electrons. The van der Waals surface area contributed by atoms with Gasteiger partial charge in [-0.15, -0.1) is 0 Å². The van der Waals surface area contributed by atoms with E-state index >= 15 is 0 Å². The van der Waals surface area contributed by atoms with E-state index in [2.05, 4.69) is 85.0 Å². The predicted molar refractivity (Wildman–Crippen MR) is 164 cm³/mol. The summed E-state index contributed by atoms with van der Waals surface area (Å²) >= 11 is 0. The first-order chi connectivity index (χ1) is 18.7. The molecule has 0 saturated heterocycles. The van der Waals surface area contributed by atoms with E-state index in [-0.39, 0.29) is 5.41 Å². The minimum atomic E-state index is -0.0776. The van der Waals surface area contributed by atoms with Gasteiger partial charge in [-0.1, -0.05) is 64.8 Å². The molecule has 6 heteroatoms. The number of allylic oxidation sites excluding steroid dienone is 7. The highest BCUT2D eigenvalue weighted by Gasteiger charge is 2.18. The average Bonchev–Trinajstić information content (AvgIpc) is 3.52. The summed E-state index contributed by atoms with van der Waals surface area (Å²) in [7, 11) is 0. The third kappa shape index (κ3) is 5.91. The van der Waals surface area contributed by atoms with Gasteiger partial charge in [0.05, 0.1) is 23.1 Å². The molecule has 0 amide bonds. The molecule has 4 heterocycles. The molecule has 0 aliphatic carbocycles. The molecule has 39 heavy (non-hydrogen) atoms. The molecular weight excluding hydrogens is 480 g/mol. The molecule has 4 rings (SSSR count). The molecule has 0 aliphatic rings. The number of rotatable bonds is 9. The highest BCUT2D eigenvalue weighted by Crippen LogP contribution is 2.33. The van der Waals surface area contributed by atoms with Crippen LogP contribution in [0.2, 0.25) is 0 Å². The molecule has 0 unspecified atom stereocenters. The monoisotopic (exact) mass is 516 g/mol. The summed E-state index contributed by atoms with van der Waals surface area (Å²) < 4.78 is 0. The molecule has 0 aromatic carbocycles. The maximum Gasteiger partial charge on any atom is 0.116 e. The van der Waals surface area contributed by atoms with Crippen LogP contribution in [0.3, 0.4) is 0 Å². The average molecular weight is 517 g/mol. The van der Waals surface area contributed by atoms with E-state index < -0.39 is 0 Å². The van der Waals surface area contributed by atoms with Gasteiger partial charge < -0.3 is 10.3 Å². The fourth-order valence-corrected chi connectivity index (χ4v) is 4.21. The van der Waals surface area contributed by atoms with E-state index in [0.717, 1.165) is 67.3 Å². The van der Waals surface area contributed by atoms with Gasteiger partial charge in [-0.2, -0.15) is 5.10 Å². The van der Waals surface area contributed by atoms with Crippen LogP contribution in [-0.2, 0) is 0 Å². The maximum absolute atomic E-state index is 4.71. The van der Waals surface area contributed by atoms with E-state index in [4.69, 9.17) is 4.98 Å². The van der Waals surface area contributed by atoms with Crippen molar-refractivity contribution in [3.8, 4) is 11.4 Å². The third-order valence-corrected chi connectivity index (χ3v) is 6.60. The maximum atomic E-state index is 4.71. The fraction of sp³-hybridized carbons (Fsp3) is 0.182. The van der Waals surface area contributed by atoms with E-state index in [1.54, 1.807) is 18.3 Å². The molecule has 0 atom stereocenters. The quantitative estimate of drug-likeness (QED) is 0.198. The first-order valence-electron chi connectivity index (χ1n) is 12.9. The Kier molecular flexibility index (Phi) is 7.96. The SMILES string of the molecule is C=C/C=C(/c1cccnc1)c1cc(-c2n[nH]c3cnc(C(/C=C(\C=C)NC(=C)C(C)(C)C)=C/C)cc23)[nH]c1C. The molecule has 0 radical (unpaired) electrons. The van der Waals surface area contributed by atoms with Crippen molar-refractivity contribution in [2.45, 2.75) is 34.6 Å². The van der Waals surface area contributed by atoms with Gasteiger partial charge in [-0.3, -0.25) is 15.1 Å². The molecule has 4 aromatic rings. The highest BCUT2D eigenvalue weighted by molar-refractivity contribution is 5.95. The number of nitrogens with one attached hydrogen (secondary N) is 3. The second-order valence-electron chi connectivity index (χ2n) is 10.4. The summed E-state index contributed by atoms with van der Waals surface area (Å²) in [6.07, 6.45) is 15.1. The van der Waals surface area contributed by atoms with E-state index in [0.29, 0.717) is 0 Å². The Morgan fingerprint density at radius 2 is 1.92 bits per heavy atom. The first kappa shape index (κ1) is 27.3. The zero-order valence-corrected chi connectivity index (χ0v) is 23.4. The van der Waals surface area contributed by atoms with Crippen molar-refractivity contribution in [1.29, 1.82) is 0 Å². The van der Waals surface area contributed by atoms with Gasteiger partial charge in [0, 0.05) is 51.4 Å². The van der Waals surface area contributed by atoms with Crippen molar-refractivity contribution in [3.63, 3.8) is 0 Å². The molecule has 0 bridgehead atoms. The molecule has 4 aromatic heterocycles. The number of aromatic nitrogens is 5.